The number of anilines is 2. The second-order valence-electron chi connectivity index (χ2n) is 5.69. The fourth-order valence-electron chi connectivity index (χ4n) is 2.63. The Bertz CT molecular complexity index is 1010. The van der Waals surface area contributed by atoms with Gasteiger partial charge in [0.15, 0.2) is 11.5 Å². The lowest BCUT2D eigenvalue weighted by molar-refractivity contribution is 0.199. The van der Waals surface area contributed by atoms with Gasteiger partial charge in [-0.1, -0.05) is 30.3 Å². The van der Waals surface area contributed by atoms with Gasteiger partial charge in [-0.25, -0.2) is 4.68 Å². The third-order valence-electron chi connectivity index (χ3n) is 3.92. The van der Waals surface area contributed by atoms with E-state index in [9.17, 15) is 5.11 Å². The van der Waals surface area contributed by atoms with Gasteiger partial charge in [-0.2, -0.15) is 5.10 Å². The van der Waals surface area contributed by atoms with Crippen LogP contribution in [0.25, 0.3) is 16.7 Å². The van der Waals surface area contributed by atoms with Crippen LogP contribution >= 0.6 is 0 Å². The Kier molecular flexibility index (Phi) is 3.83. The first-order valence-electron chi connectivity index (χ1n) is 7.90. The van der Waals surface area contributed by atoms with E-state index in [0.29, 0.717) is 11.5 Å². The van der Waals surface area contributed by atoms with Crippen LogP contribution in [0.4, 0.5) is 11.5 Å². The number of benzene rings is 2. The van der Waals surface area contributed by atoms with E-state index in [-0.39, 0.29) is 0 Å². The predicted octanol–water partition coefficient (Wildman–Crippen LogP) is 3.01. The van der Waals surface area contributed by atoms with E-state index in [0.717, 1.165) is 22.3 Å². The minimum absolute atomic E-state index is 0.536. The number of nitrogens with zero attached hydrogens (tertiary/aromatic N) is 5. The monoisotopic (exact) mass is 332 g/mol. The Hall–Kier alpha value is -3.32. The highest BCUT2D eigenvalue weighted by Crippen LogP contribution is 2.25. The van der Waals surface area contributed by atoms with Crippen LogP contribution in [0.5, 0.6) is 0 Å². The Morgan fingerprint density at radius 2 is 1.88 bits per heavy atom. The van der Waals surface area contributed by atoms with Crippen molar-refractivity contribution in [2.45, 2.75) is 13.0 Å². The number of para-hydroxylation sites is 1. The molecule has 4 aromatic rings. The molecule has 0 radical (unpaired) electrons. The summed E-state index contributed by atoms with van der Waals surface area (Å²) in [4.78, 5) is 0. The molecule has 0 aliphatic rings. The smallest absolute Gasteiger partial charge is 0.190 e. The first-order valence-corrected chi connectivity index (χ1v) is 7.90. The summed E-state index contributed by atoms with van der Waals surface area (Å²) in [5.74, 6) is 0.565. The highest BCUT2D eigenvalue weighted by atomic mass is 16.3. The van der Waals surface area contributed by atoms with E-state index in [1.165, 1.54) is 0 Å². The van der Waals surface area contributed by atoms with Gasteiger partial charge in [-0.15, -0.1) is 10.2 Å². The second kappa shape index (κ2) is 6.29. The van der Waals surface area contributed by atoms with E-state index in [1.54, 1.807) is 17.8 Å². The number of nitrogens with one attached hydrogen (secondary N) is 1. The van der Waals surface area contributed by atoms with Crippen LogP contribution in [0, 0.1) is 0 Å². The Labute approximate surface area is 144 Å². The van der Waals surface area contributed by atoms with Crippen LogP contribution < -0.4 is 5.32 Å². The lowest BCUT2D eigenvalue weighted by atomic mass is 10.1. The van der Waals surface area contributed by atoms with Crippen molar-refractivity contribution in [1.82, 2.24) is 25.2 Å². The van der Waals surface area contributed by atoms with Gasteiger partial charge < -0.3 is 10.4 Å². The van der Waals surface area contributed by atoms with Gasteiger partial charge in [-0.05, 0) is 42.0 Å². The summed E-state index contributed by atoms with van der Waals surface area (Å²) in [6.45, 7) is 1.73. The highest BCUT2D eigenvalue weighted by molar-refractivity contribution is 5.88. The zero-order chi connectivity index (χ0) is 17.2. The van der Waals surface area contributed by atoms with Crippen molar-refractivity contribution in [3.05, 3.63) is 66.4 Å². The van der Waals surface area contributed by atoms with Crippen molar-refractivity contribution in [3.63, 3.8) is 0 Å². The van der Waals surface area contributed by atoms with Gasteiger partial charge in [0.05, 0.1) is 23.4 Å². The van der Waals surface area contributed by atoms with E-state index in [1.807, 2.05) is 54.6 Å². The van der Waals surface area contributed by atoms with Crippen LogP contribution in [0.1, 0.15) is 18.6 Å². The summed E-state index contributed by atoms with van der Waals surface area (Å²) in [6, 6.07) is 17.3. The molecule has 25 heavy (non-hydrogen) atoms. The largest absolute Gasteiger partial charge is 0.389 e. The first-order chi connectivity index (χ1) is 12.2. The third-order valence-corrected chi connectivity index (χ3v) is 3.92. The van der Waals surface area contributed by atoms with Crippen molar-refractivity contribution >= 4 is 22.5 Å². The predicted molar refractivity (Wildman–Crippen MR) is 94.8 cm³/mol. The molecule has 0 bridgehead atoms. The van der Waals surface area contributed by atoms with Crippen molar-refractivity contribution in [1.29, 1.82) is 0 Å². The molecule has 0 aliphatic carbocycles. The van der Waals surface area contributed by atoms with E-state index in [4.69, 9.17) is 0 Å². The molecule has 0 spiro atoms. The first kappa shape index (κ1) is 15.2. The van der Waals surface area contributed by atoms with E-state index in [2.05, 4.69) is 25.8 Å². The number of rotatable bonds is 4. The Morgan fingerprint density at radius 1 is 1.04 bits per heavy atom. The third kappa shape index (κ3) is 2.92. The van der Waals surface area contributed by atoms with Gasteiger partial charge in [0, 0.05) is 5.69 Å². The Morgan fingerprint density at radius 3 is 2.68 bits per heavy atom. The van der Waals surface area contributed by atoms with Crippen LogP contribution in [-0.4, -0.2) is 30.3 Å². The number of aliphatic hydroxyl groups excluding tert-OH is 1. The van der Waals surface area contributed by atoms with Crippen molar-refractivity contribution in [2.75, 3.05) is 5.32 Å². The lowest BCUT2D eigenvalue weighted by Gasteiger charge is -2.09. The SMILES string of the molecule is C[C@H](O)c1cccc(Nc2nnnc3c2cnn3-c2ccccc2)c1. The summed E-state index contributed by atoms with van der Waals surface area (Å²) in [5.41, 5.74) is 3.16. The maximum absolute atomic E-state index is 9.74. The summed E-state index contributed by atoms with van der Waals surface area (Å²) in [6.07, 6.45) is 1.18. The minimum atomic E-state index is -0.536. The van der Waals surface area contributed by atoms with Gasteiger partial charge in [-0.3, -0.25) is 0 Å². The molecule has 2 N–H and O–H groups in total. The summed E-state index contributed by atoms with van der Waals surface area (Å²) < 4.78 is 1.72. The molecular formula is C18H16N6O. The quantitative estimate of drug-likeness (QED) is 0.597. The second-order valence-corrected chi connectivity index (χ2v) is 5.69. The molecule has 7 nitrogen and oxygen atoms in total. The molecule has 2 aromatic carbocycles. The van der Waals surface area contributed by atoms with Crippen molar-refractivity contribution < 1.29 is 5.11 Å². The number of hydrogen-bond donors (Lipinski definition) is 2. The number of aliphatic hydroxyl groups is 1. The zero-order valence-electron chi connectivity index (χ0n) is 13.5. The van der Waals surface area contributed by atoms with Crippen LogP contribution in [-0.2, 0) is 0 Å². The summed E-state index contributed by atoms with van der Waals surface area (Å²) in [5, 5.41) is 30.2. The molecule has 0 saturated carbocycles. The average Bonchev–Trinajstić information content (AvgIpc) is 3.08. The molecule has 7 heteroatoms. The topological polar surface area (TPSA) is 88.8 Å². The normalized spacial score (nSPS) is 12.2. The van der Waals surface area contributed by atoms with Gasteiger partial charge in [0.25, 0.3) is 0 Å². The van der Waals surface area contributed by atoms with Crippen LogP contribution in [0.3, 0.4) is 0 Å². The molecule has 0 fully saturated rings. The molecule has 0 saturated heterocycles. The van der Waals surface area contributed by atoms with E-state index < -0.39 is 6.10 Å². The number of aromatic nitrogens is 5. The lowest BCUT2D eigenvalue weighted by Crippen LogP contribution is -2.02. The van der Waals surface area contributed by atoms with Gasteiger partial charge in [0.2, 0.25) is 0 Å². The molecular weight excluding hydrogens is 316 g/mol. The number of hydrogen-bond acceptors (Lipinski definition) is 6. The summed E-state index contributed by atoms with van der Waals surface area (Å²) >= 11 is 0. The maximum atomic E-state index is 9.74. The van der Waals surface area contributed by atoms with Crippen molar-refractivity contribution in [2.24, 2.45) is 0 Å². The zero-order valence-corrected chi connectivity index (χ0v) is 13.5. The molecule has 0 unspecified atom stereocenters. The van der Waals surface area contributed by atoms with Crippen molar-refractivity contribution in [3.8, 4) is 5.69 Å². The number of fused-ring (bicyclic) bond motifs is 1. The maximum Gasteiger partial charge on any atom is 0.190 e. The standard InChI is InChI=1S/C18H16N6O/c1-12(25)13-6-5-7-14(10-13)20-17-16-11-19-24(18(16)22-23-21-17)15-8-3-2-4-9-15/h2-12,25H,1H3,(H,20,21,22)/t12-/m0/s1. The molecule has 124 valence electrons. The average molecular weight is 332 g/mol. The Balaban J connectivity index is 1.74. The minimum Gasteiger partial charge on any atom is -0.389 e. The summed E-state index contributed by atoms with van der Waals surface area (Å²) in [7, 11) is 0. The molecule has 1 atom stereocenters. The van der Waals surface area contributed by atoms with E-state index >= 15 is 0 Å². The highest BCUT2D eigenvalue weighted by Gasteiger charge is 2.12. The molecule has 2 aromatic heterocycles. The fourth-order valence-corrected chi connectivity index (χ4v) is 2.63. The fraction of sp³-hybridized carbons (Fsp3) is 0.111. The van der Waals surface area contributed by atoms with Gasteiger partial charge in [0.1, 0.15) is 0 Å². The molecule has 0 amide bonds. The molecule has 0 aliphatic heterocycles. The van der Waals surface area contributed by atoms with Crippen LogP contribution in [0.15, 0.2) is 60.8 Å². The van der Waals surface area contributed by atoms with Crippen LogP contribution in [0.2, 0.25) is 0 Å². The molecule has 2 heterocycles. The van der Waals surface area contributed by atoms with Gasteiger partial charge >= 0.3 is 0 Å². The molecule has 4 rings (SSSR count).